The van der Waals surface area contributed by atoms with Crippen LogP contribution in [0.4, 0.5) is 10.1 Å². The van der Waals surface area contributed by atoms with Crippen molar-refractivity contribution in [2.24, 2.45) is 5.41 Å². The minimum absolute atomic E-state index is 0.274. The maximum Gasteiger partial charge on any atom is 0.150 e. The molecule has 1 aliphatic rings. The minimum atomic E-state index is -0.310. The summed E-state index contributed by atoms with van der Waals surface area (Å²) in [5, 5.41) is 0. The van der Waals surface area contributed by atoms with Crippen LogP contribution in [-0.2, 0) is 0 Å². The number of hydrogen-bond donors (Lipinski definition) is 0. The molecular formula is C12H14FNO. The highest BCUT2D eigenvalue weighted by Crippen LogP contribution is 2.34. The fourth-order valence-corrected chi connectivity index (χ4v) is 2.01. The highest BCUT2D eigenvalue weighted by molar-refractivity contribution is 5.76. The van der Waals surface area contributed by atoms with E-state index in [0.717, 1.165) is 13.1 Å². The molecule has 0 aromatic heterocycles. The monoisotopic (exact) mass is 207 g/mol. The lowest BCUT2D eigenvalue weighted by molar-refractivity contribution is 0.112. The van der Waals surface area contributed by atoms with Crippen molar-refractivity contribution >= 4 is 12.0 Å². The van der Waals surface area contributed by atoms with Crippen molar-refractivity contribution in [3.8, 4) is 0 Å². The predicted molar refractivity (Wildman–Crippen MR) is 57.8 cm³/mol. The normalized spacial score (nSPS) is 18.5. The third-order valence-electron chi connectivity index (χ3n) is 2.69. The van der Waals surface area contributed by atoms with E-state index in [-0.39, 0.29) is 11.2 Å². The highest BCUT2D eigenvalue weighted by Gasteiger charge is 2.35. The molecule has 0 unspecified atom stereocenters. The molecule has 80 valence electrons. The summed E-state index contributed by atoms with van der Waals surface area (Å²) in [6.07, 6.45) is 0.660. The van der Waals surface area contributed by atoms with E-state index in [2.05, 4.69) is 13.8 Å². The van der Waals surface area contributed by atoms with Crippen LogP contribution in [0.15, 0.2) is 18.2 Å². The molecule has 0 radical (unpaired) electrons. The first-order chi connectivity index (χ1) is 7.02. The Kier molecular flexibility index (Phi) is 2.25. The first-order valence-electron chi connectivity index (χ1n) is 5.01. The number of benzene rings is 1. The summed E-state index contributed by atoms with van der Waals surface area (Å²) in [5.74, 6) is -0.310. The average molecular weight is 207 g/mol. The van der Waals surface area contributed by atoms with Crippen LogP contribution in [0, 0.1) is 11.2 Å². The molecule has 0 atom stereocenters. The van der Waals surface area contributed by atoms with Crippen LogP contribution in [0.1, 0.15) is 24.2 Å². The van der Waals surface area contributed by atoms with Crippen LogP contribution in [-0.4, -0.2) is 19.4 Å². The molecule has 2 nitrogen and oxygen atoms in total. The van der Waals surface area contributed by atoms with Gasteiger partial charge in [-0.25, -0.2) is 4.39 Å². The Bertz CT molecular complexity index is 393. The van der Waals surface area contributed by atoms with Crippen molar-refractivity contribution in [1.82, 2.24) is 0 Å². The number of nitrogens with zero attached hydrogens (tertiary/aromatic N) is 1. The van der Waals surface area contributed by atoms with Gasteiger partial charge in [-0.1, -0.05) is 13.8 Å². The van der Waals surface area contributed by atoms with Gasteiger partial charge in [0.25, 0.3) is 0 Å². The molecule has 3 heteroatoms. The van der Waals surface area contributed by atoms with Gasteiger partial charge in [0.2, 0.25) is 0 Å². The Labute approximate surface area is 88.7 Å². The zero-order chi connectivity index (χ0) is 11.1. The lowest BCUT2D eigenvalue weighted by Gasteiger charge is -2.47. The summed E-state index contributed by atoms with van der Waals surface area (Å²) in [6.45, 7) is 6.04. The molecule has 15 heavy (non-hydrogen) atoms. The second-order valence-corrected chi connectivity index (χ2v) is 4.85. The minimum Gasteiger partial charge on any atom is -0.368 e. The van der Waals surface area contributed by atoms with Crippen LogP contribution in [0.5, 0.6) is 0 Å². The van der Waals surface area contributed by atoms with Gasteiger partial charge in [-0.05, 0) is 23.6 Å². The van der Waals surface area contributed by atoms with Gasteiger partial charge in [-0.3, -0.25) is 4.79 Å². The molecule has 2 rings (SSSR count). The molecular weight excluding hydrogens is 193 g/mol. The summed E-state index contributed by atoms with van der Waals surface area (Å²) < 4.78 is 13.6. The molecule has 0 saturated carbocycles. The SMILES string of the molecule is CC1(C)CN(c2ccc(C=O)cc2F)C1. The van der Waals surface area contributed by atoms with E-state index in [4.69, 9.17) is 0 Å². The van der Waals surface area contributed by atoms with Gasteiger partial charge in [0.05, 0.1) is 5.69 Å². The van der Waals surface area contributed by atoms with Crippen molar-refractivity contribution in [2.75, 3.05) is 18.0 Å². The Morgan fingerprint density at radius 1 is 1.40 bits per heavy atom. The smallest absolute Gasteiger partial charge is 0.150 e. The van der Waals surface area contributed by atoms with Crippen molar-refractivity contribution in [3.63, 3.8) is 0 Å². The molecule has 0 N–H and O–H groups in total. The lowest BCUT2D eigenvalue weighted by Crippen LogP contribution is -2.53. The van der Waals surface area contributed by atoms with E-state index in [1.54, 1.807) is 12.1 Å². The topological polar surface area (TPSA) is 20.3 Å². The van der Waals surface area contributed by atoms with Gasteiger partial charge in [0.1, 0.15) is 12.1 Å². The number of aldehydes is 1. The molecule has 1 aromatic rings. The molecule has 0 aliphatic carbocycles. The number of halogens is 1. The van der Waals surface area contributed by atoms with Gasteiger partial charge >= 0.3 is 0 Å². The summed E-state index contributed by atoms with van der Waals surface area (Å²) in [7, 11) is 0. The van der Waals surface area contributed by atoms with Crippen molar-refractivity contribution in [2.45, 2.75) is 13.8 Å². The summed E-state index contributed by atoms with van der Waals surface area (Å²) in [5.41, 5.74) is 1.26. The Hall–Kier alpha value is -1.38. The molecule has 0 amide bonds. The third-order valence-corrected chi connectivity index (χ3v) is 2.69. The molecule has 1 aliphatic heterocycles. The molecule has 0 spiro atoms. The molecule has 1 aromatic carbocycles. The number of carbonyl (C=O) groups is 1. The van der Waals surface area contributed by atoms with Crippen molar-refractivity contribution in [3.05, 3.63) is 29.6 Å². The van der Waals surface area contributed by atoms with E-state index < -0.39 is 0 Å². The van der Waals surface area contributed by atoms with E-state index in [1.807, 2.05) is 4.90 Å². The van der Waals surface area contributed by atoms with E-state index in [0.29, 0.717) is 17.5 Å². The van der Waals surface area contributed by atoms with E-state index in [1.165, 1.54) is 6.07 Å². The Balaban J connectivity index is 2.20. The Morgan fingerprint density at radius 3 is 2.53 bits per heavy atom. The zero-order valence-corrected chi connectivity index (χ0v) is 8.96. The van der Waals surface area contributed by atoms with E-state index in [9.17, 15) is 9.18 Å². The van der Waals surface area contributed by atoms with Crippen molar-refractivity contribution in [1.29, 1.82) is 0 Å². The van der Waals surface area contributed by atoms with Gasteiger partial charge < -0.3 is 4.90 Å². The highest BCUT2D eigenvalue weighted by atomic mass is 19.1. The van der Waals surface area contributed by atoms with Crippen LogP contribution < -0.4 is 4.90 Å². The predicted octanol–water partition coefficient (Wildman–Crippen LogP) is 2.48. The van der Waals surface area contributed by atoms with Gasteiger partial charge in [-0.15, -0.1) is 0 Å². The molecule has 0 bridgehead atoms. The van der Waals surface area contributed by atoms with Crippen LogP contribution in [0.25, 0.3) is 0 Å². The third kappa shape index (κ3) is 1.87. The zero-order valence-electron chi connectivity index (χ0n) is 8.96. The second kappa shape index (κ2) is 3.33. The number of hydrogen-bond acceptors (Lipinski definition) is 2. The second-order valence-electron chi connectivity index (χ2n) is 4.85. The maximum atomic E-state index is 13.6. The fraction of sp³-hybridized carbons (Fsp3) is 0.417. The summed E-state index contributed by atoms with van der Waals surface area (Å²) in [6, 6.07) is 4.61. The number of anilines is 1. The fourth-order valence-electron chi connectivity index (χ4n) is 2.01. The van der Waals surface area contributed by atoms with Gasteiger partial charge in [-0.2, -0.15) is 0 Å². The van der Waals surface area contributed by atoms with Crippen molar-refractivity contribution < 1.29 is 9.18 Å². The lowest BCUT2D eigenvalue weighted by atomic mass is 9.84. The maximum absolute atomic E-state index is 13.6. The first kappa shape index (κ1) is 10.1. The first-order valence-corrected chi connectivity index (χ1v) is 5.01. The van der Waals surface area contributed by atoms with Gasteiger partial charge in [0, 0.05) is 18.7 Å². The van der Waals surface area contributed by atoms with Crippen LogP contribution in [0.2, 0.25) is 0 Å². The quantitative estimate of drug-likeness (QED) is 0.694. The largest absolute Gasteiger partial charge is 0.368 e. The van der Waals surface area contributed by atoms with E-state index >= 15 is 0 Å². The average Bonchev–Trinajstić information content (AvgIpc) is 2.14. The molecule has 1 saturated heterocycles. The number of carbonyl (C=O) groups excluding carboxylic acids is 1. The van der Waals surface area contributed by atoms with Gasteiger partial charge in [0.15, 0.2) is 0 Å². The molecule has 1 fully saturated rings. The standard InChI is InChI=1S/C12H14FNO/c1-12(2)7-14(8-12)11-4-3-9(6-15)5-10(11)13/h3-6H,7-8H2,1-2H3. The Morgan fingerprint density at radius 2 is 2.07 bits per heavy atom. The summed E-state index contributed by atoms with van der Waals surface area (Å²) >= 11 is 0. The van der Waals surface area contributed by atoms with Crippen LogP contribution >= 0.6 is 0 Å². The van der Waals surface area contributed by atoms with Crippen LogP contribution in [0.3, 0.4) is 0 Å². The molecule has 1 heterocycles. The summed E-state index contributed by atoms with van der Waals surface area (Å²) in [4.78, 5) is 12.4. The number of rotatable bonds is 2.